The van der Waals surface area contributed by atoms with Crippen molar-refractivity contribution in [2.75, 3.05) is 5.73 Å². The zero-order valence-corrected chi connectivity index (χ0v) is 6.81. The summed E-state index contributed by atoms with van der Waals surface area (Å²) in [5.41, 5.74) is 3.90. The van der Waals surface area contributed by atoms with Gasteiger partial charge in [0.25, 0.3) is 0 Å². The molecule has 3 N–H and O–H groups in total. The fourth-order valence-electron chi connectivity index (χ4n) is 1.01. The highest BCUT2D eigenvalue weighted by Gasteiger charge is 2.36. The summed E-state index contributed by atoms with van der Waals surface area (Å²) in [6.45, 7) is 1.45. The standard InChI is InChI=1S/C8H8F3NO/c1-4-2-3-5(13)6(7(4)12)8(9,10)11/h2-3,13H,12H2,1H3. The maximum Gasteiger partial charge on any atom is 0.421 e. The van der Waals surface area contributed by atoms with Crippen LogP contribution in [0.25, 0.3) is 0 Å². The maximum atomic E-state index is 12.2. The molecule has 0 amide bonds. The Balaban J connectivity index is 3.43. The van der Waals surface area contributed by atoms with E-state index in [1.807, 2.05) is 0 Å². The number of halogens is 3. The summed E-state index contributed by atoms with van der Waals surface area (Å²) in [6.07, 6.45) is -4.61. The van der Waals surface area contributed by atoms with Crippen LogP contribution in [0.5, 0.6) is 5.75 Å². The lowest BCUT2D eigenvalue weighted by Gasteiger charge is -2.13. The quantitative estimate of drug-likeness (QED) is 0.618. The summed E-state index contributed by atoms with van der Waals surface area (Å²) in [5.74, 6) is -0.837. The van der Waals surface area contributed by atoms with E-state index >= 15 is 0 Å². The molecule has 0 radical (unpaired) electrons. The fraction of sp³-hybridized carbons (Fsp3) is 0.250. The number of aromatic hydroxyl groups is 1. The molecule has 0 aliphatic heterocycles. The van der Waals surface area contributed by atoms with Gasteiger partial charge in [0, 0.05) is 0 Å². The van der Waals surface area contributed by atoms with Crippen LogP contribution in [0.3, 0.4) is 0 Å². The zero-order valence-electron chi connectivity index (χ0n) is 6.81. The van der Waals surface area contributed by atoms with Crippen LogP contribution in [0.2, 0.25) is 0 Å². The molecule has 2 nitrogen and oxygen atoms in total. The smallest absolute Gasteiger partial charge is 0.421 e. The van der Waals surface area contributed by atoms with Gasteiger partial charge < -0.3 is 10.8 Å². The molecule has 1 rings (SSSR count). The minimum Gasteiger partial charge on any atom is -0.507 e. The predicted octanol–water partition coefficient (Wildman–Crippen LogP) is 2.30. The van der Waals surface area contributed by atoms with Crippen molar-refractivity contribution in [1.29, 1.82) is 0 Å². The number of hydrogen-bond donors (Lipinski definition) is 2. The molecule has 0 atom stereocenters. The van der Waals surface area contributed by atoms with Gasteiger partial charge in [-0.25, -0.2) is 0 Å². The lowest BCUT2D eigenvalue weighted by atomic mass is 10.1. The van der Waals surface area contributed by atoms with Crippen molar-refractivity contribution in [2.45, 2.75) is 13.1 Å². The lowest BCUT2D eigenvalue weighted by molar-refractivity contribution is -0.138. The van der Waals surface area contributed by atoms with Crippen molar-refractivity contribution in [3.05, 3.63) is 23.3 Å². The van der Waals surface area contributed by atoms with Gasteiger partial charge >= 0.3 is 6.18 Å². The molecule has 5 heteroatoms. The van der Waals surface area contributed by atoms with Crippen molar-refractivity contribution >= 4 is 5.69 Å². The monoisotopic (exact) mass is 191 g/mol. The van der Waals surface area contributed by atoms with Gasteiger partial charge in [-0.05, 0) is 18.6 Å². The summed E-state index contributed by atoms with van der Waals surface area (Å²) in [4.78, 5) is 0. The molecule has 13 heavy (non-hydrogen) atoms. The number of hydrogen-bond acceptors (Lipinski definition) is 2. The van der Waals surface area contributed by atoms with Crippen LogP contribution in [0, 0.1) is 6.92 Å². The third kappa shape index (κ3) is 1.68. The maximum absolute atomic E-state index is 12.2. The van der Waals surface area contributed by atoms with Crippen LogP contribution in [-0.4, -0.2) is 5.11 Å². The number of anilines is 1. The van der Waals surface area contributed by atoms with Crippen molar-refractivity contribution in [3.8, 4) is 5.75 Å². The van der Waals surface area contributed by atoms with E-state index in [2.05, 4.69) is 0 Å². The molecule has 1 aromatic carbocycles. The third-order valence-corrected chi connectivity index (χ3v) is 1.72. The number of nitrogen functional groups attached to an aromatic ring is 1. The van der Waals surface area contributed by atoms with Gasteiger partial charge in [-0.3, -0.25) is 0 Å². The average Bonchev–Trinajstić information content (AvgIpc) is 1.95. The average molecular weight is 191 g/mol. The van der Waals surface area contributed by atoms with Crippen LogP contribution in [0.15, 0.2) is 12.1 Å². The highest BCUT2D eigenvalue weighted by atomic mass is 19.4. The Morgan fingerprint density at radius 2 is 1.85 bits per heavy atom. The number of phenolic OH excluding ortho intramolecular Hbond substituents is 1. The normalized spacial score (nSPS) is 11.7. The highest BCUT2D eigenvalue weighted by Crippen LogP contribution is 2.40. The first-order valence-electron chi connectivity index (χ1n) is 3.49. The molecule has 0 aromatic heterocycles. The molecule has 0 bridgehead atoms. The van der Waals surface area contributed by atoms with Gasteiger partial charge in [-0.1, -0.05) is 6.07 Å². The number of alkyl halides is 3. The Labute approximate surface area is 72.8 Å². The summed E-state index contributed by atoms with van der Waals surface area (Å²) in [7, 11) is 0. The first-order valence-corrected chi connectivity index (χ1v) is 3.49. The molecule has 0 aliphatic carbocycles. The zero-order chi connectivity index (χ0) is 10.2. The van der Waals surface area contributed by atoms with Gasteiger partial charge in [0.2, 0.25) is 0 Å². The highest BCUT2D eigenvalue weighted by molar-refractivity contribution is 5.60. The summed E-state index contributed by atoms with van der Waals surface area (Å²) >= 11 is 0. The summed E-state index contributed by atoms with van der Waals surface area (Å²) in [6, 6.07) is 2.31. The second kappa shape index (κ2) is 2.83. The Morgan fingerprint density at radius 1 is 1.31 bits per heavy atom. The van der Waals surface area contributed by atoms with Gasteiger partial charge in [-0.2, -0.15) is 13.2 Å². The van der Waals surface area contributed by atoms with E-state index in [1.165, 1.54) is 13.0 Å². The van der Waals surface area contributed by atoms with E-state index in [4.69, 9.17) is 10.8 Å². The lowest BCUT2D eigenvalue weighted by Crippen LogP contribution is -2.10. The van der Waals surface area contributed by atoms with Crippen molar-refractivity contribution in [3.63, 3.8) is 0 Å². The van der Waals surface area contributed by atoms with Gasteiger partial charge in [0.05, 0.1) is 5.69 Å². The predicted molar refractivity (Wildman–Crippen MR) is 42.3 cm³/mol. The molecule has 0 spiro atoms. The summed E-state index contributed by atoms with van der Waals surface area (Å²) in [5, 5.41) is 8.95. The van der Waals surface area contributed by atoms with Crippen LogP contribution < -0.4 is 5.73 Å². The number of nitrogens with two attached hydrogens (primary N) is 1. The van der Waals surface area contributed by atoms with Gasteiger partial charge in [0.1, 0.15) is 11.3 Å². The molecule has 0 unspecified atom stereocenters. The third-order valence-electron chi connectivity index (χ3n) is 1.72. The van der Waals surface area contributed by atoms with E-state index in [0.717, 1.165) is 6.07 Å². The van der Waals surface area contributed by atoms with Crippen LogP contribution in [0.4, 0.5) is 18.9 Å². The topological polar surface area (TPSA) is 46.2 Å². The molecule has 0 heterocycles. The number of aryl methyl sites for hydroxylation is 1. The minimum absolute atomic E-state index is 0.296. The Morgan fingerprint density at radius 3 is 2.23 bits per heavy atom. The molecule has 0 saturated heterocycles. The minimum atomic E-state index is -4.61. The molecule has 0 saturated carbocycles. The van der Waals surface area contributed by atoms with Gasteiger partial charge in [0.15, 0.2) is 0 Å². The molecular formula is C8H8F3NO. The van der Waals surface area contributed by atoms with E-state index in [1.54, 1.807) is 0 Å². The van der Waals surface area contributed by atoms with E-state index < -0.39 is 23.2 Å². The summed E-state index contributed by atoms with van der Waals surface area (Å²) < 4.78 is 36.7. The van der Waals surface area contributed by atoms with E-state index in [0.29, 0.717) is 5.56 Å². The SMILES string of the molecule is Cc1ccc(O)c(C(F)(F)F)c1N. The second-order valence-electron chi connectivity index (χ2n) is 2.69. The van der Waals surface area contributed by atoms with Crippen LogP contribution in [-0.2, 0) is 6.18 Å². The number of rotatable bonds is 0. The number of phenols is 1. The van der Waals surface area contributed by atoms with E-state index in [9.17, 15) is 13.2 Å². The van der Waals surface area contributed by atoms with Crippen molar-refractivity contribution in [2.24, 2.45) is 0 Å². The Hall–Kier alpha value is -1.39. The largest absolute Gasteiger partial charge is 0.507 e. The van der Waals surface area contributed by atoms with Gasteiger partial charge in [-0.15, -0.1) is 0 Å². The Bertz CT molecular complexity index is 333. The fourth-order valence-corrected chi connectivity index (χ4v) is 1.01. The second-order valence-corrected chi connectivity index (χ2v) is 2.69. The van der Waals surface area contributed by atoms with E-state index in [-0.39, 0.29) is 0 Å². The molecule has 0 aliphatic rings. The molecule has 72 valence electrons. The van der Waals surface area contributed by atoms with Crippen LogP contribution >= 0.6 is 0 Å². The van der Waals surface area contributed by atoms with Crippen LogP contribution in [0.1, 0.15) is 11.1 Å². The molecular weight excluding hydrogens is 183 g/mol. The van der Waals surface area contributed by atoms with Crippen molar-refractivity contribution < 1.29 is 18.3 Å². The Kier molecular flexibility index (Phi) is 2.11. The van der Waals surface area contributed by atoms with Crippen molar-refractivity contribution in [1.82, 2.24) is 0 Å². The first-order chi connectivity index (χ1) is 5.84. The first kappa shape index (κ1) is 9.70. The molecule has 0 fully saturated rings. The number of benzene rings is 1. The molecule has 1 aromatic rings.